The molecular weight excluding hydrogens is 180 g/mol. The second-order valence-corrected chi connectivity index (χ2v) is 4.52. The van der Waals surface area contributed by atoms with Crippen LogP contribution in [-0.2, 0) is 14.3 Å². The SMILES string of the molecule is C=C1C(C)(C)O[C@H]2CC(=O)O[C@@]12CC. The van der Waals surface area contributed by atoms with Crippen LogP contribution in [0.4, 0.5) is 0 Å². The van der Waals surface area contributed by atoms with E-state index >= 15 is 0 Å². The summed E-state index contributed by atoms with van der Waals surface area (Å²) < 4.78 is 11.2. The molecule has 2 rings (SSSR count). The molecular formula is C11H16O3. The van der Waals surface area contributed by atoms with E-state index in [9.17, 15) is 4.79 Å². The van der Waals surface area contributed by atoms with Crippen LogP contribution in [0.25, 0.3) is 0 Å². The van der Waals surface area contributed by atoms with Crippen molar-refractivity contribution in [3.8, 4) is 0 Å². The van der Waals surface area contributed by atoms with Crippen LogP contribution in [0, 0.1) is 0 Å². The molecule has 78 valence electrons. The number of carbonyl (C=O) groups excluding carboxylic acids is 1. The minimum absolute atomic E-state index is 0.137. The van der Waals surface area contributed by atoms with Gasteiger partial charge in [-0.15, -0.1) is 0 Å². The third-order valence-electron chi connectivity index (χ3n) is 3.37. The molecule has 0 spiro atoms. The molecule has 2 aliphatic heterocycles. The highest BCUT2D eigenvalue weighted by atomic mass is 16.6. The van der Waals surface area contributed by atoms with E-state index in [1.165, 1.54) is 0 Å². The van der Waals surface area contributed by atoms with Gasteiger partial charge in [0, 0.05) is 0 Å². The van der Waals surface area contributed by atoms with Crippen LogP contribution in [0.3, 0.4) is 0 Å². The highest BCUT2D eigenvalue weighted by Crippen LogP contribution is 2.50. The van der Waals surface area contributed by atoms with Crippen molar-refractivity contribution in [2.24, 2.45) is 0 Å². The highest BCUT2D eigenvalue weighted by Gasteiger charge is 2.61. The molecule has 0 aliphatic carbocycles. The van der Waals surface area contributed by atoms with Gasteiger partial charge in [0.1, 0.15) is 6.10 Å². The smallest absolute Gasteiger partial charge is 0.309 e. The van der Waals surface area contributed by atoms with Crippen LogP contribution < -0.4 is 0 Å². The summed E-state index contributed by atoms with van der Waals surface area (Å²) in [5.41, 5.74) is -0.0366. The third kappa shape index (κ3) is 0.989. The van der Waals surface area contributed by atoms with Crippen LogP contribution in [0.5, 0.6) is 0 Å². The van der Waals surface area contributed by atoms with Crippen molar-refractivity contribution in [3.05, 3.63) is 12.2 Å². The van der Waals surface area contributed by atoms with E-state index in [4.69, 9.17) is 9.47 Å². The Morgan fingerprint density at radius 2 is 2.21 bits per heavy atom. The molecule has 2 fully saturated rings. The van der Waals surface area contributed by atoms with Crippen molar-refractivity contribution in [1.29, 1.82) is 0 Å². The summed E-state index contributed by atoms with van der Waals surface area (Å²) in [6, 6.07) is 0. The van der Waals surface area contributed by atoms with Gasteiger partial charge in [-0.2, -0.15) is 0 Å². The number of hydrogen-bond donors (Lipinski definition) is 0. The van der Waals surface area contributed by atoms with Crippen LogP contribution in [0.2, 0.25) is 0 Å². The van der Waals surface area contributed by atoms with Crippen LogP contribution in [0.1, 0.15) is 33.6 Å². The zero-order valence-corrected chi connectivity index (χ0v) is 8.92. The van der Waals surface area contributed by atoms with Gasteiger partial charge in [-0.25, -0.2) is 0 Å². The predicted octanol–water partition coefficient (Wildman–Crippen LogP) is 1.82. The summed E-state index contributed by atoms with van der Waals surface area (Å²) in [4.78, 5) is 11.2. The summed E-state index contributed by atoms with van der Waals surface area (Å²) >= 11 is 0. The zero-order valence-electron chi connectivity index (χ0n) is 8.92. The van der Waals surface area contributed by atoms with Crippen molar-refractivity contribution in [3.63, 3.8) is 0 Å². The van der Waals surface area contributed by atoms with E-state index in [1.54, 1.807) is 0 Å². The fourth-order valence-electron chi connectivity index (χ4n) is 2.47. The normalized spacial score (nSPS) is 39.8. The van der Waals surface area contributed by atoms with Crippen molar-refractivity contribution < 1.29 is 14.3 Å². The fraction of sp³-hybridized carbons (Fsp3) is 0.727. The van der Waals surface area contributed by atoms with Gasteiger partial charge in [0.15, 0.2) is 5.60 Å². The maximum Gasteiger partial charge on any atom is 0.309 e. The molecule has 2 saturated heterocycles. The molecule has 3 nitrogen and oxygen atoms in total. The first-order chi connectivity index (χ1) is 6.42. The molecule has 0 saturated carbocycles. The molecule has 0 aromatic carbocycles. The number of esters is 1. The molecule has 2 aliphatic rings. The average Bonchev–Trinajstić information content (AvgIpc) is 2.48. The van der Waals surface area contributed by atoms with Crippen molar-refractivity contribution in [2.45, 2.75) is 50.9 Å². The minimum atomic E-state index is -0.555. The second-order valence-electron chi connectivity index (χ2n) is 4.52. The monoisotopic (exact) mass is 196 g/mol. The second kappa shape index (κ2) is 2.60. The molecule has 2 atom stereocenters. The molecule has 0 aromatic heterocycles. The molecule has 3 heteroatoms. The van der Waals surface area contributed by atoms with Gasteiger partial charge in [-0.3, -0.25) is 4.79 Å². The molecule has 0 amide bonds. The van der Waals surface area contributed by atoms with Crippen LogP contribution >= 0.6 is 0 Å². The van der Waals surface area contributed by atoms with E-state index in [0.29, 0.717) is 6.42 Å². The van der Waals surface area contributed by atoms with Gasteiger partial charge < -0.3 is 9.47 Å². The summed E-state index contributed by atoms with van der Waals surface area (Å²) in [7, 11) is 0. The van der Waals surface area contributed by atoms with Crippen LogP contribution in [0.15, 0.2) is 12.2 Å². The summed E-state index contributed by atoms with van der Waals surface area (Å²) in [6.45, 7) is 9.97. The lowest BCUT2D eigenvalue weighted by Gasteiger charge is -2.27. The zero-order chi connectivity index (χ0) is 10.6. The lowest BCUT2D eigenvalue weighted by Crippen LogP contribution is -2.36. The molecule has 2 heterocycles. The van der Waals surface area contributed by atoms with Gasteiger partial charge >= 0.3 is 5.97 Å². The standard InChI is InChI=1S/C11H16O3/c1-5-11-7(2)10(3,4)13-8(11)6-9(12)14-11/h8H,2,5-6H2,1,3-4H3/t8-,11-/m0/s1. The number of fused-ring (bicyclic) bond motifs is 1. The fourth-order valence-corrected chi connectivity index (χ4v) is 2.47. The maximum absolute atomic E-state index is 11.2. The number of rotatable bonds is 1. The molecule has 0 aromatic rings. The lowest BCUT2D eigenvalue weighted by atomic mass is 9.83. The third-order valence-corrected chi connectivity index (χ3v) is 3.37. The predicted molar refractivity (Wildman–Crippen MR) is 51.8 cm³/mol. The van der Waals surface area contributed by atoms with Crippen molar-refractivity contribution in [1.82, 2.24) is 0 Å². The Morgan fingerprint density at radius 1 is 1.57 bits per heavy atom. The Hall–Kier alpha value is -0.830. The maximum atomic E-state index is 11.2. The van der Waals surface area contributed by atoms with Crippen molar-refractivity contribution >= 4 is 5.97 Å². The Morgan fingerprint density at radius 3 is 2.71 bits per heavy atom. The van der Waals surface area contributed by atoms with E-state index in [0.717, 1.165) is 12.0 Å². The largest absolute Gasteiger partial charge is 0.452 e. The van der Waals surface area contributed by atoms with E-state index in [2.05, 4.69) is 6.58 Å². The number of carbonyl (C=O) groups is 1. The Bertz CT molecular complexity index is 306. The minimum Gasteiger partial charge on any atom is -0.452 e. The summed E-state index contributed by atoms with van der Waals surface area (Å²) in [6.07, 6.45) is 0.963. The van der Waals surface area contributed by atoms with Gasteiger partial charge in [0.25, 0.3) is 0 Å². The van der Waals surface area contributed by atoms with Gasteiger partial charge in [0.2, 0.25) is 0 Å². The first kappa shape index (κ1) is 9.71. The highest BCUT2D eigenvalue weighted by molar-refractivity contribution is 5.75. The van der Waals surface area contributed by atoms with Crippen molar-refractivity contribution in [2.75, 3.05) is 0 Å². The molecule has 0 unspecified atom stereocenters. The number of hydrogen-bond acceptors (Lipinski definition) is 3. The Labute approximate surface area is 84.1 Å². The Kier molecular flexibility index (Phi) is 1.80. The van der Waals surface area contributed by atoms with E-state index in [-0.39, 0.29) is 17.7 Å². The molecule has 0 N–H and O–H groups in total. The number of ether oxygens (including phenoxy) is 2. The lowest BCUT2D eigenvalue weighted by molar-refractivity contribution is -0.146. The first-order valence-electron chi connectivity index (χ1n) is 5.02. The average molecular weight is 196 g/mol. The molecule has 0 radical (unpaired) electrons. The van der Waals surface area contributed by atoms with E-state index < -0.39 is 5.60 Å². The first-order valence-corrected chi connectivity index (χ1v) is 5.02. The van der Waals surface area contributed by atoms with Gasteiger partial charge in [0.05, 0.1) is 12.0 Å². The van der Waals surface area contributed by atoms with E-state index in [1.807, 2.05) is 20.8 Å². The molecule has 0 bridgehead atoms. The quantitative estimate of drug-likeness (QED) is 0.474. The summed E-state index contributed by atoms with van der Waals surface area (Å²) in [5, 5.41) is 0. The topological polar surface area (TPSA) is 35.5 Å². The van der Waals surface area contributed by atoms with Crippen LogP contribution in [-0.4, -0.2) is 23.3 Å². The molecule has 14 heavy (non-hydrogen) atoms. The summed E-state index contributed by atoms with van der Waals surface area (Å²) in [5.74, 6) is -0.173. The van der Waals surface area contributed by atoms with Gasteiger partial charge in [-0.05, 0) is 25.8 Å². The Balaban J connectivity index is 2.40. The van der Waals surface area contributed by atoms with Gasteiger partial charge in [-0.1, -0.05) is 13.5 Å².